The van der Waals surface area contributed by atoms with Crippen LogP contribution in [0.15, 0.2) is 60.0 Å². The third-order valence-corrected chi connectivity index (χ3v) is 6.82. The van der Waals surface area contributed by atoms with E-state index in [1.807, 2.05) is 36.6 Å². The van der Waals surface area contributed by atoms with Gasteiger partial charge in [0.15, 0.2) is 0 Å². The molecule has 10 heteroatoms. The number of amides is 2. The van der Waals surface area contributed by atoms with Crippen molar-refractivity contribution in [3.63, 3.8) is 0 Å². The Morgan fingerprint density at radius 1 is 1.20 bits per heavy atom. The number of ether oxygens (including phenoxy) is 1. The number of methoxy groups -OCH3 is 1. The number of thiazole rings is 1. The molecule has 1 aliphatic heterocycles. The Kier molecular flexibility index (Phi) is 6.27. The van der Waals surface area contributed by atoms with Crippen LogP contribution in [0.1, 0.15) is 12.1 Å². The van der Waals surface area contributed by atoms with Gasteiger partial charge in [-0.1, -0.05) is 23.7 Å². The molecule has 2 aromatic carbocycles. The molecule has 0 saturated carbocycles. The maximum Gasteiger partial charge on any atom is 0.230 e. The maximum absolute atomic E-state index is 13.1. The second-order valence-electron chi connectivity index (χ2n) is 8.20. The zero-order valence-corrected chi connectivity index (χ0v) is 20.6. The molecule has 1 saturated heterocycles. The molecular weight excluding hydrogens is 486 g/mol. The van der Waals surface area contributed by atoms with Crippen LogP contribution < -0.4 is 15.0 Å². The molecular formula is C25H22ClN5O3S. The fourth-order valence-electron chi connectivity index (χ4n) is 3.99. The lowest BCUT2D eigenvalue weighted by Crippen LogP contribution is -2.28. The summed E-state index contributed by atoms with van der Waals surface area (Å²) in [6.45, 7) is 2.15. The zero-order valence-electron chi connectivity index (χ0n) is 19.1. The predicted octanol–water partition coefficient (Wildman–Crippen LogP) is 4.96. The minimum Gasteiger partial charge on any atom is -0.497 e. The van der Waals surface area contributed by atoms with Crippen molar-refractivity contribution >= 4 is 46.3 Å². The van der Waals surface area contributed by atoms with Gasteiger partial charge >= 0.3 is 0 Å². The number of hydrogen-bond donors (Lipinski definition) is 1. The van der Waals surface area contributed by atoms with Gasteiger partial charge in [-0.3, -0.25) is 9.59 Å². The fourth-order valence-corrected chi connectivity index (χ4v) is 4.91. The highest BCUT2D eigenvalue weighted by molar-refractivity contribution is 7.12. The van der Waals surface area contributed by atoms with E-state index in [1.54, 1.807) is 47.0 Å². The summed E-state index contributed by atoms with van der Waals surface area (Å²) in [5.74, 6) is 0.446. The first-order valence-corrected chi connectivity index (χ1v) is 12.2. The zero-order chi connectivity index (χ0) is 24.5. The standard InChI is InChI=1S/C25H22ClN5O3S/c1-15-10-22(28-24(33)17-12-23(32)30(13-17)19-8-6-18(26)7-9-19)31(29-15)25-27-21(14-35-25)16-4-3-5-20(11-16)34-2/h3-11,14,17H,12-13H2,1-2H3,(H,28,33). The van der Waals surface area contributed by atoms with Crippen LogP contribution in [0.4, 0.5) is 11.5 Å². The predicted molar refractivity (Wildman–Crippen MR) is 137 cm³/mol. The van der Waals surface area contributed by atoms with Crippen molar-refractivity contribution < 1.29 is 14.3 Å². The van der Waals surface area contributed by atoms with Crippen molar-refractivity contribution in [2.24, 2.45) is 5.92 Å². The average molecular weight is 508 g/mol. The van der Waals surface area contributed by atoms with Gasteiger partial charge < -0.3 is 15.0 Å². The van der Waals surface area contributed by atoms with Crippen LogP contribution in [0.3, 0.4) is 0 Å². The first-order chi connectivity index (χ1) is 16.9. The van der Waals surface area contributed by atoms with Gasteiger partial charge in [-0.15, -0.1) is 11.3 Å². The lowest BCUT2D eigenvalue weighted by atomic mass is 10.1. The summed E-state index contributed by atoms with van der Waals surface area (Å²) in [6, 6.07) is 16.5. The molecule has 4 aromatic rings. The fraction of sp³-hybridized carbons (Fsp3) is 0.200. The van der Waals surface area contributed by atoms with Crippen LogP contribution >= 0.6 is 22.9 Å². The third kappa shape index (κ3) is 4.78. The Balaban J connectivity index is 1.34. The maximum atomic E-state index is 13.1. The number of aromatic nitrogens is 3. The molecule has 0 radical (unpaired) electrons. The molecule has 8 nitrogen and oxygen atoms in total. The van der Waals surface area contributed by atoms with E-state index in [2.05, 4.69) is 10.4 Å². The Bertz CT molecular complexity index is 1400. The number of carbonyl (C=O) groups excluding carboxylic acids is 2. The number of benzene rings is 2. The van der Waals surface area contributed by atoms with E-state index >= 15 is 0 Å². The van der Waals surface area contributed by atoms with Crippen LogP contribution in [-0.2, 0) is 9.59 Å². The molecule has 1 aliphatic rings. The van der Waals surface area contributed by atoms with E-state index in [9.17, 15) is 9.59 Å². The van der Waals surface area contributed by atoms with Crippen molar-refractivity contribution in [1.29, 1.82) is 0 Å². The monoisotopic (exact) mass is 507 g/mol. The smallest absolute Gasteiger partial charge is 0.230 e. The summed E-state index contributed by atoms with van der Waals surface area (Å²) in [6.07, 6.45) is 0.138. The van der Waals surface area contributed by atoms with Gasteiger partial charge in [-0.2, -0.15) is 9.78 Å². The number of hydrogen-bond acceptors (Lipinski definition) is 6. The highest BCUT2D eigenvalue weighted by Gasteiger charge is 2.35. The van der Waals surface area contributed by atoms with E-state index in [4.69, 9.17) is 21.3 Å². The van der Waals surface area contributed by atoms with Crippen LogP contribution in [-0.4, -0.2) is 40.2 Å². The lowest BCUT2D eigenvalue weighted by Gasteiger charge is -2.16. The first-order valence-electron chi connectivity index (χ1n) is 10.9. The number of rotatable bonds is 6. The molecule has 1 unspecified atom stereocenters. The molecule has 0 aliphatic carbocycles. The van der Waals surface area contributed by atoms with E-state index in [0.29, 0.717) is 22.5 Å². The van der Waals surface area contributed by atoms with Crippen molar-refractivity contribution in [3.05, 3.63) is 70.7 Å². The Hall–Kier alpha value is -3.69. The summed E-state index contributed by atoms with van der Waals surface area (Å²) in [5, 5.41) is 10.6. The Labute approximate surface area is 211 Å². The third-order valence-electron chi connectivity index (χ3n) is 5.76. The molecule has 1 fully saturated rings. The van der Waals surface area contributed by atoms with Crippen molar-refractivity contribution in [1.82, 2.24) is 14.8 Å². The molecule has 5 rings (SSSR count). The van der Waals surface area contributed by atoms with Gasteiger partial charge in [-0.05, 0) is 43.3 Å². The minimum absolute atomic E-state index is 0.0972. The lowest BCUT2D eigenvalue weighted by molar-refractivity contribution is -0.122. The molecule has 0 bridgehead atoms. The van der Waals surface area contributed by atoms with E-state index in [-0.39, 0.29) is 18.2 Å². The highest BCUT2D eigenvalue weighted by atomic mass is 35.5. The summed E-state index contributed by atoms with van der Waals surface area (Å²) in [7, 11) is 1.62. The van der Waals surface area contributed by atoms with Crippen molar-refractivity contribution in [2.45, 2.75) is 13.3 Å². The normalized spacial score (nSPS) is 15.5. The topological polar surface area (TPSA) is 89.3 Å². The minimum atomic E-state index is -0.481. The number of halogens is 1. The molecule has 2 aromatic heterocycles. The van der Waals surface area contributed by atoms with Crippen LogP contribution in [0.2, 0.25) is 5.02 Å². The molecule has 1 N–H and O–H groups in total. The Morgan fingerprint density at radius 3 is 2.77 bits per heavy atom. The number of nitrogens with one attached hydrogen (secondary N) is 1. The Morgan fingerprint density at radius 2 is 2.00 bits per heavy atom. The molecule has 178 valence electrons. The number of nitrogens with zero attached hydrogens (tertiary/aromatic N) is 4. The van der Waals surface area contributed by atoms with E-state index in [0.717, 1.165) is 28.4 Å². The van der Waals surface area contributed by atoms with Gasteiger partial charge in [0.05, 0.1) is 24.4 Å². The van der Waals surface area contributed by atoms with Crippen molar-refractivity contribution in [3.8, 4) is 22.1 Å². The number of anilines is 2. The van der Waals surface area contributed by atoms with Gasteiger partial charge in [0.1, 0.15) is 11.6 Å². The molecule has 3 heterocycles. The van der Waals surface area contributed by atoms with Gasteiger partial charge in [0.2, 0.25) is 16.9 Å². The largest absolute Gasteiger partial charge is 0.497 e. The molecule has 2 amide bonds. The SMILES string of the molecule is COc1cccc(-c2csc(-n3nc(C)cc3NC(=O)C3CC(=O)N(c4ccc(Cl)cc4)C3)n2)c1. The van der Waals surface area contributed by atoms with Gasteiger partial charge in [0.25, 0.3) is 0 Å². The molecule has 1 atom stereocenters. The first kappa shape index (κ1) is 23.1. The number of aryl methyl sites for hydroxylation is 1. The van der Waals surface area contributed by atoms with Crippen LogP contribution in [0, 0.1) is 12.8 Å². The summed E-state index contributed by atoms with van der Waals surface area (Å²) < 4.78 is 6.93. The summed E-state index contributed by atoms with van der Waals surface area (Å²) in [5.41, 5.74) is 3.18. The van der Waals surface area contributed by atoms with E-state index < -0.39 is 5.92 Å². The van der Waals surface area contributed by atoms with E-state index in [1.165, 1.54) is 11.3 Å². The average Bonchev–Trinajstić information content (AvgIpc) is 3.58. The second kappa shape index (κ2) is 9.52. The van der Waals surface area contributed by atoms with Gasteiger partial charge in [-0.25, -0.2) is 4.98 Å². The highest BCUT2D eigenvalue weighted by Crippen LogP contribution is 2.30. The van der Waals surface area contributed by atoms with Crippen LogP contribution in [0.25, 0.3) is 16.4 Å². The quantitative estimate of drug-likeness (QED) is 0.398. The molecule has 0 spiro atoms. The summed E-state index contributed by atoms with van der Waals surface area (Å²) in [4.78, 5) is 32.0. The van der Waals surface area contributed by atoms with Crippen LogP contribution in [0.5, 0.6) is 5.75 Å². The molecule has 35 heavy (non-hydrogen) atoms. The number of carbonyl (C=O) groups is 2. The van der Waals surface area contributed by atoms with Crippen molar-refractivity contribution in [2.75, 3.05) is 23.9 Å². The summed E-state index contributed by atoms with van der Waals surface area (Å²) >= 11 is 7.38. The van der Waals surface area contributed by atoms with Gasteiger partial charge in [0, 0.05) is 40.7 Å². The second-order valence-corrected chi connectivity index (χ2v) is 9.47.